The Balaban J connectivity index is -0.000000500. The van der Waals surface area contributed by atoms with Crippen molar-refractivity contribution in [3.8, 4) is 0 Å². The van der Waals surface area contributed by atoms with Gasteiger partial charge in [0, 0.05) is 0 Å². The van der Waals surface area contributed by atoms with Crippen molar-refractivity contribution in [2.75, 3.05) is 52.4 Å². The minimum atomic E-state index is 0. The number of rotatable bonds is 8. The van der Waals surface area contributed by atoms with E-state index in [0.29, 0.717) is 0 Å². The molecule has 0 saturated heterocycles. The summed E-state index contributed by atoms with van der Waals surface area (Å²) in [4.78, 5) is 4.67. The summed E-state index contributed by atoms with van der Waals surface area (Å²) in [5, 5.41) is 0. The Bertz CT molecular complexity index is 1040. The maximum absolute atomic E-state index is 4.94. The van der Waals surface area contributed by atoms with Gasteiger partial charge in [0.2, 0.25) is 0 Å². The molecular weight excluding hydrogens is 761 g/mol. The minimum Gasteiger partial charge on any atom is -0.781 e. The van der Waals surface area contributed by atoms with Crippen LogP contribution in [0.25, 0.3) is 0 Å². The van der Waals surface area contributed by atoms with E-state index in [-0.39, 0.29) is 21.1 Å². The van der Waals surface area contributed by atoms with Gasteiger partial charge in [-0.2, -0.15) is 29.4 Å². The molecule has 0 spiro atoms. The van der Waals surface area contributed by atoms with Crippen molar-refractivity contribution in [3.05, 3.63) is 71.3 Å². The molecule has 0 amide bonds. The molecule has 0 saturated carbocycles. The molecule has 9 heteroatoms. The van der Waals surface area contributed by atoms with Crippen LogP contribution in [-0.2, 0) is 96.8 Å². The van der Waals surface area contributed by atoms with Crippen LogP contribution in [0.15, 0.2) is 84.0 Å². The van der Waals surface area contributed by atoms with Crippen LogP contribution in [0, 0.1) is 20.8 Å². The van der Waals surface area contributed by atoms with Gasteiger partial charge in [0.25, 0.3) is 0 Å². The fraction of sp³-hybridized carbons (Fsp3) is 0.514. The number of quaternary nitrogens is 2. The zero-order valence-corrected chi connectivity index (χ0v) is 37.0. The average Bonchev–Trinajstić information content (AvgIpc) is 3.03. The van der Waals surface area contributed by atoms with Crippen LogP contribution < -0.4 is 0 Å². The summed E-state index contributed by atoms with van der Waals surface area (Å²) in [7, 11) is 0. The van der Waals surface area contributed by atoms with Gasteiger partial charge >= 0.3 is 21.1 Å². The Kier molecular flexibility index (Phi) is 29.8. The summed E-state index contributed by atoms with van der Waals surface area (Å²) in [6.07, 6.45) is 0. The van der Waals surface area contributed by atoms with Crippen molar-refractivity contribution in [3.63, 3.8) is 0 Å². The molecule has 0 bridgehead atoms. The molecule has 0 aliphatic rings. The van der Waals surface area contributed by atoms with Crippen LogP contribution >= 0.6 is 0 Å². The van der Waals surface area contributed by atoms with E-state index in [2.05, 4.69) is 55.4 Å². The normalized spacial score (nSPS) is 10.2. The van der Waals surface area contributed by atoms with Crippen LogP contribution in [0.5, 0.6) is 0 Å². The van der Waals surface area contributed by atoms with Gasteiger partial charge in [0.05, 0.1) is 52.4 Å². The first kappa shape index (κ1) is 50.0. The topological polar surface area (TPSA) is 0 Å². The van der Waals surface area contributed by atoms with Gasteiger partial charge in [-0.15, -0.1) is 0 Å². The largest absolute Gasteiger partial charge is 6.00 e. The Labute approximate surface area is 332 Å². The molecule has 46 heavy (non-hydrogen) atoms. The second-order valence-corrected chi connectivity index (χ2v) is 13.7. The number of hydrogen-bond donors (Lipinski definition) is 0. The van der Waals surface area contributed by atoms with E-state index in [1.165, 1.54) is 78.0 Å². The summed E-state index contributed by atoms with van der Waals surface area (Å²) in [6.45, 7) is 34.5. The van der Waals surface area contributed by atoms with Gasteiger partial charge in [-0.1, -0.05) is 71.3 Å². The summed E-state index contributed by atoms with van der Waals surface area (Å²) >= 11 is 29.5. The van der Waals surface area contributed by atoms with E-state index in [9.17, 15) is 0 Å². The van der Waals surface area contributed by atoms with Crippen molar-refractivity contribution < 1.29 is 30.0 Å². The van der Waals surface area contributed by atoms with E-state index in [1.54, 1.807) is 0 Å². The predicted molar refractivity (Wildman–Crippen MR) is 212 cm³/mol. The second kappa shape index (κ2) is 27.4. The Morgan fingerprint density at radius 2 is 0.522 bits per heavy atom. The number of hydrogen-bond acceptors (Lipinski definition) is 6. The zero-order valence-electron chi connectivity index (χ0n) is 30.1. The molecule has 0 heterocycles. The van der Waals surface area contributed by atoms with Crippen molar-refractivity contribution >= 4 is 75.8 Å². The van der Waals surface area contributed by atoms with Gasteiger partial charge in [0.15, 0.2) is 0 Å². The van der Waals surface area contributed by atoms with Gasteiger partial charge in [-0.25, -0.2) is 0 Å². The van der Waals surface area contributed by atoms with Crippen LogP contribution in [-0.4, -0.2) is 61.3 Å². The molecule has 0 aliphatic carbocycles. The van der Waals surface area contributed by atoms with E-state index < -0.39 is 0 Å². The van der Waals surface area contributed by atoms with E-state index in [0.717, 1.165) is 29.4 Å². The molecule has 3 aromatic carbocycles. The molecule has 2 nitrogen and oxygen atoms in total. The van der Waals surface area contributed by atoms with Gasteiger partial charge in [-0.3, -0.25) is 0 Å². The SMILES string of the molecule is CC[N+](CC)(CC)CC.CC[N+](CC)(CC)CC.Cc1ccc([S-])c([S-])c1.Cc1ccc([S-])c([S-])c1.Cc1ccc([S-])c([S-])c1.[Mo+6]. The third-order valence-corrected chi connectivity index (χ3v) is 11.1. The van der Waals surface area contributed by atoms with Gasteiger partial charge in [0.1, 0.15) is 0 Å². The zero-order chi connectivity index (χ0) is 35.2. The van der Waals surface area contributed by atoms with Crippen molar-refractivity contribution in [1.29, 1.82) is 0 Å². The molecule has 0 N–H and O–H groups in total. The van der Waals surface area contributed by atoms with Crippen LogP contribution in [0.1, 0.15) is 72.1 Å². The number of benzene rings is 3. The predicted octanol–water partition coefficient (Wildman–Crippen LogP) is 9.18. The Hall–Kier alpha value is -0.412. The molecule has 0 unspecified atom stereocenters. The number of aryl methyl sites for hydroxylation is 3. The van der Waals surface area contributed by atoms with Gasteiger partial charge < -0.3 is 84.7 Å². The quantitative estimate of drug-likeness (QED) is 0.126. The molecule has 3 aromatic rings. The first-order valence-corrected chi connectivity index (χ1v) is 18.6. The molecule has 3 rings (SSSR count). The summed E-state index contributed by atoms with van der Waals surface area (Å²) < 4.78 is 2.56. The first-order chi connectivity index (χ1) is 21.1. The van der Waals surface area contributed by atoms with Crippen LogP contribution in [0.4, 0.5) is 0 Å². The number of nitrogens with zero attached hydrogens (tertiary/aromatic N) is 2. The third kappa shape index (κ3) is 20.2. The maximum Gasteiger partial charge on any atom is 6.00 e. The van der Waals surface area contributed by atoms with Crippen molar-refractivity contribution in [2.45, 2.75) is 106 Å². The third-order valence-electron chi connectivity index (χ3n) is 8.66. The minimum absolute atomic E-state index is 0. The second-order valence-electron chi connectivity index (χ2n) is 11.1. The van der Waals surface area contributed by atoms with Crippen molar-refractivity contribution in [2.24, 2.45) is 0 Å². The standard InChI is InChI=1S/2C8H20N.3C7H8S2.Mo/c2*1-5-9(6-2,7-3)8-4;3*1-5-2-3-6(8)7(9)4-5;/h2*5-8H2,1-4H3;3*2-4,8-9H,1H3;/q2*+1;;;;+6/p-6. The van der Waals surface area contributed by atoms with E-state index >= 15 is 0 Å². The van der Waals surface area contributed by atoms with Crippen LogP contribution in [0.3, 0.4) is 0 Å². The summed E-state index contributed by atoms with van der Waals surface area (Å²) in [5.41, 5.74) is 3.52. The van der Waals surface area contributed by atoms with E-state index in [1.807, 2.05) is 75.4 Å². The monoisotopic (exact) mass is 820 g/mol. The average molecular weight is 819 g/mol. The summed E-state index contributed by atoms with van der Waals surface area (Å²) in [6, 6.07) is 17.3. The fourth-order valence-electron chi connectivity index (χ4n) is 4.53. The molecule has 0 aliphatic heterocycles. The molecule has 0 aromatic heterocycles. The molecule has 0 radical (unpaired) electrons. The molecule has 0 fully saturated rings. The summed E-state index contributed by atoms with van der Waals surface area (Å²) in [5.74, 6) is 0. The maximum atomic E-state index is 4.94. The first-order valence-electron chi connectivity index (χ1n) is 16.1. The Morgan fingerprint density at radius 1 is 0.348 bits per heavy atom. The van der Waals surface area contributed by atoms with E-state index in [4.69, 9.17) is 75.8 Å². The Morgan fingerprint density at radius 3 is 0.609 bits per heavy atom. The fourth-order valence-corrected chi connectivity index (χ4v) is 5.67. The van der Waals surface area contributed by atoms with Crippen LogP contribution in [0.2, 0.25) is 0 Å². The van der Waals surface area contributed by atoms with Crippen molar-refractivity contribution in [1.82, 2.24) is 0 Å². The molecular formula is C37H58MoN2S6+2. The molecule has 0 atom stereocenters. The molecule has 256 valence electrons. The smallest absolute Gasteiger partial charge is 0.781 e. The van der Waals surface area contributed by atoms with Gasteiger partial charge in [-0.05, 0) is 76.2 Å².